The molecule has 0 aliphatic carbocycles. The van der Waals surface area contributed by atoms with E-state index < -0.39 is 10.0 Å². The van der Waals surface area contributed by atoms with Gasteiger partial charge in [-0.05, 0) is 54.5 Å². The molecule has 0 spiro atoms. The van der Waals surface area contributed by atoms with Crippen LogP contribution in [-0.2, 0) is 10.0 Å². The second-order valence-corrected chi connectivity index (χ2v) is 10.7. The van der Waals surface area contributed by atoms with Crippen molar-refractivity contribution in [1.82, 2.24) is 9.62 Å². The van der Waals surface area contributed by atoms with Crippen LogP contribution in [0.1, 0.15) is 24.2 Å². The van der Waals surface area contributed by atoms with Crippen molar-refractivity contribution in [2.45, 2.75) is 13.8 Å². The van der Waals surface area contributed by atoms with Gasteiger partial charge in [0, 0.05) is 31.7 Å². The minimum Gasteiger partial charge on any atom is -0.493 e. The molecular weight excluding hydrogens is 460 g/mol. The molecule has 1 amide bonds. The number of nitrogens with one attached hydrogen (secondary N) is 2. The Morgan fingerprint density at radius 1 is 1.06 bits per heavy atom. The minimum atomic E-state index is -3.20. The largest absolute Gasteiger partial charge is 0.493 e. The van der Waals surface area contributed by atoms with E-state index in [1.807, 2.05) is 24.3 Å². The van der Waals surface area contributed by atoms with Gasteiger partial charge in [0.1, 0.15) is 5.75 Å². The summed E-state index contributed by atoms with van der Waals surface area (Å²) in [6.45, 7) is 6.73. The first kappa shape index (κ1) is 24.9. The third kappa shape index (κ3) is 7.15. The number of hydrogen-bond acceptors (Lipinski definition) is 6. The van der Waals surface area contributed by atoms with Gasteiger partial charge in [-0.15, -0.1) is 0 Å². The number of sulfonamides is 1. The Morgan fingerprint density at radius 2 is 1.70 bits per heavy atom. The molecule has 33 heavy (non-hydrogen) atoms. The quantitative estimate of drug-likeness (QED) is 0.577. The summed E-state index contributed by atoms with van der Waals surface area (Å²) in [5, 5.41) is 5.98. The number of ether oxygens (including phenoxy) is 1. The Balaban J connectivity index is 1.59. The van der Waals surface area contributed by atoms with E-state index in [1.165, 1.54) is 10.6 Å². The molecule has 0 aromatic heterocycles. The monoisotopic (exact) mass is 490 g/mol. The normalized spacial score (nSPS) is 14.7. The van der Waals surface area contributed by atoms with Crippen LogP contribution in [0.2, 0.25) is 0 Å². The summed E-state index contributed by atoms with van der Waals surface area (Å²) >= 11 is 5.36. The van der Waals surface area contributed by atoms with E-state index in [4.69, 9.17) is 17.0 Å². The second kappa shape index (κ2) is 11.0. The van der Waals surface area contributed by atoms with Gasteiger partial charge in [-0.2, -0.15) is 4.31 Å². The number of piperazine rings is 1. The van der Waals surface area contributed by atoms with Crippen LogP contribution in [0, 0.1) is 5.92 Å². The third-order valence-corrected chi connectivity index (χ3v) is 6.63. The number of anilines is 2. The van der Waals surface area contributed by atoms with Crippen molar-refractivity contribution in [3.8, 4) is 5.75 Å². The molecular formula is C23H30N4O4S2. The van der Waals surface area contributed by atoms with Gasteiger partial charge in [0.25, 0.3) is 5.91 Å². The first-order chi connectivity index (χ1) is 15.6. The average molecular weight is 491 g/mol. The van der Waals surface area contributed by atoms with E-state index >= 15 is 0 Å². The maximum Gasteiger partial charge on any atom is 0.257 e. The van der Waals surface area contributed by atoms with Crippen LogP contribution in [0.15, 0.2) is 48.5 Å². The minimum absolute atomic E-state index is 0.183. The molecule has 2 aromatic rings. The Bertz CT molecular complexity index is 1080. The van der Waals surface area contributed by atoms with Crippen molar-refractivity contribution >= 4 is 44.6 Å². The lowest BCUT2D eigenvalue weighted by atomic mass is 10.2. The van der Waals surface area contributed by atoms with Crippen molar-refractivity contribution in [1.29, 1.82) is 0 Å². The molecule has 0 bridgehead atoms. The van der Waals surface area contributed by atoms with Gasteiger partial charge in [0.2, 0.25) is 10.0 Å². The summed E-state index contributed by atoms with van der Waals surface area (Å²) in [7, 11) is -3.20. The smallest absolute Gasteiger partial charge is 0.257 e. The zero-order chi connectivity index (χ0) is 24.0. The van der Waals surface area contributed by atoms with Crippen LogP contribution >= 0.6 is 12.2 Å². The lowest BCUT2D eigenvalue weighted by Gasteiger charge is -2.35. The molecule has 2 aromatic carbocycles. The van der Waals surface area contributed by atoms with E-state index in [0.717, 1.165) is 11.4 Å². The number of carbonyl (C=O) groups excluding carboxylic acids is 1. The van der Waals surface area contributed by atoms with Crippen molar-refractivity contribution in [2.75, 3.05) is 49.3 Å². The summed E-state index contributed by atoms with van der Waals surface area (Å²) in [5.41, 5.74) is 2.11. The molecule has 10 heteroatoms. The van der Waals surface area contributed by atoms with Crippen LogP contribution in [0.4, 0.5) is 11.4 Å². The molecule has 2 N–H and O–H groups in total. The fourth-order valence-electron chi connectivity index (χ4n) is 3.41. The highest BCUT2D eigenvalue weighted by atomic mass is 32.2. The van der Waals surface area contributed by atoms with E-state index in [0.29, 0.717) is 50.0 Å². The molecule has 178 valence electrons. The zero-order valence-electron chi connectivity index (χ0n) is 19.1. The van der Waals surface area contributed by atoms with Gasteiger partial charge in [-0.25, -0.2) is 8.42 Å². The third-order valence-electron chi connectivity index (χ3n) is 5.13. The molecule has 3 rings (SSSR count). The Labute approximate surface area is 201 Å². The van der Waals surface area contributed by atoms with Crippen LogP contribution in [-0.4, -0.2) is 62.8 Å². The number of rotatable bonds is 7. The molecule has 0 saturated carbocycles. The standard InChI is InChI=1S/C23H30N4O4S2/c1-17(2)16-31-19-10-8-18(9-11-19)22(28)25-23(32)24-20-6-4-5-7-21(20)26-12-14-27(15-13-26)33(3,29)30/h4-11,17H,12-16H2,1-3H3,(H2,24,25,28,32). The fraction of sp³-hybridized carbons (Fsp3) is 0.391. The first-order valence-electron chi connectivity index (χ1n) is 10.8. The average Bonchev–Trinajstić information content (AvgIpc) is 2.78. The number of nitrogens with zero attached hydrogens (tertiary/aromatic N) is 2. The lowest BCUT2D eigenvalue weighted by molar-refractivity contribution is 0.0977. The van der Waals surface area contributed by atoms with E-state index in [2.05, 4.69) is 29.4 Å². The van der Waals surface area contributed by atoms with Gasteiger partial charge in [-0.1, -0.05) is 26.0 Å². The number of benzene rings is 2. The number of thiocarbonyl (C=S) groups is 1. The number of carbonyl (C=O) groups is 1. The van der Waals surface area contributed by atoms with Crippen molar-refractivity contribution in [3.63, 3.8) is 0 Å². The Morgan fingerprint density at radius 3 is 2.30 bits per heavy atom. The Kier molecular flexibility index (Phi) is 8.28. The van der Waals surface area contributed by atoms with E-state index in [1.54, 1.807) is 24.3 Å². The Hall–Kier alpha value is -2.69. The van der Waals surface area contributed by atoms with Crippen LogP contribution in [0.3, 0.4) is 0 Å². The summed E-state index contributed by atoms with van der Waals surface area (Å²) in [6.07, 6.45) is 1.23. The van der Waals surface area contributed by atoms with Crippen molar-refractivity contribution in [3.05, 3.63) is 54.1 Å². The molecule has 1 saturated heterocycles. The van der Waals surface area contributed by atoms with Gasteiger partial charge < -0.3 is 15.0 Å². The van der Waals surface area contributed by atoms with Gasteiger partial charge in [0.15, 0.2) is 5.11 Å². The zero-order valence-corrected chi connectivity index (χ0v) is 20.7. The van der Waals surface area contributed by atoms with Crippen LogP contribution in [0.5, 0.6) is 5.75 Å². The molecule has 0 atom stereocenters. The highest BCUT2D eigenvalue weighted by molar-refractivity contribution is 7.88. The number of para-hydroxylation sites is 2. The molecule has 0 unspecified atom stereocenters. The lowest BCUT2D eigenvalue weighted by Crippen LogP contribution is -2.48. The summed E-state index contributed by atoms with van der Waals surface area (Å²) in [5.74, 6) is 0.816. The summed E-state index contributed by atoms with van der Waals surface area (Å²) in [4.78, 5) is 14.7. The van der Waals surface area contributed by atoms with Gasteiger partial charge >= 0.3 is 0 Å². The van der Waals surface area contributed by atoms with Gasteiger partial charge in [0.05, 0.1) is 24.2 Å². The molecule has 1 fully saturated rings. The van der Waals surface area contributed by atoms with Crippen LogP contribution in [0.25, 0.3) is 0 Å². The van der Waals surface area contributed by atoms with Gasteiger partial charge in [-0.3, -0.25) is 10.1 Å². The number of hydrogen-bond donors (Lipinski definition) is 2. The second-order valence-electron chi connectivity index (χ2n) is 8.30. The highest BCUT2D eigenvalue weighted by Crippen LogP contribution is 2.27. The molecule has 1 aliphatic heterocycles. The van der Waals surface area contributed by atoms with E-state index in [-0.39, 0.29) is 11.0 Å². The van der Waals surface area contributed by atoms with E-state index in [9.17, 15) is 13.2 Å². The highest BCUT2D eigenvalue weighted by Gasteiger charge is 2.24. The SMILES string of the molecule is CC(C)COc1ccc(C(=O)NC(=S)Nc2ccccc2N2CCN(S(C)(=O)=O)CC2)cc1. The number of amides is 1. The van der Waals surface area contributed by atoms with Crippen LogP contribution < -0.4 is 20.3 Å². The molecule has 0 radical (unpaired) electrons. The predicted molar refractivity (Wildman–Crippen MR) is 136 cm³/mol. The first-order valence-corrected chi connectivity index (χ1v) is 13.0. The topological polar surface area (TPSA) is 91.0 Å². The van der Waals surface area contributed by atoms with Crippen molar-refractivity contribution in [2.24, 2.45) is 5.92 Å². The molecule has 1 heterocycles. The maximum atomic E-state index is 12.6. The molecule has 1 aliphatic rings. The molecule has 8 nitrogen and oxygen atoms in total. The fourth-order valence-corrected chi connectivity index (χ4v) is 4.44. The summed E-state index contributed by atoms with van der Waals surface area (Å²) in [6, 6.07) is 14.5. The van der Waals surface area contributed by atoms with Crippen molar-refractivity contribution < 1.29 is 17.9 Å². The maximum absolute atomic E-state index is 12.6. The predicted octanol–water partition coefficient (Wildman–Crippen LogP) is 2.93. The summed E-state index contributed by atoms with van der Waals surface area (Å²) < 4.78 is 30.7.